The minimum atomic E-state index is 0. The molecule has 1 aromatic rings. The highest BCUT2D eigenvalue weighted by Crippen LogP contribution is 2.29. The smallest absolute Gasteiger partial charge is 0.0189 e. The van der Waals surface area contributed by atoms with Crippen LogP contribution in [0.4, 0.5) is 0 Å². The molecule has 0 aromatic carbocycles. The van der Waals surface area contributed by atoms with Crippen LogP contribution in [0.5, 0.6) is 0 Å². The summed E-state index contributed by atoms with van der Waals surface area (Å²) < 4.78 is 0. The Bertz CT molecular complexity index is 244. The molecule has 0 saturated carbocycles. The van der Waals surface area contributed by atoms with Crippen molar-refractivity contribution in [3.8, 4) is 0 Å². The highest BCUT2D eigenvalue weighted by atomic mass is 35.5. The number of fused-ring (bicyclic) bond motifs is 1. The lowest BCUT2D eigenvalue weighted by molar-refractivity contribution is 0.691. The van der Waals surface area contributed by atoms with Gasteiger partial charge in [0, 0.05) is 11.4 Å². The van der Waals surface area contributed by atoms with Crippen molar-refractivity contribution < 1.29 is 0 Å². The zero-order valence-corrected chi connectivity index (χ0v) is 8.64. The lowest BCUT2D eigenvalue weighted by Crippen LogP contribution is -2.04. The summed E-state index contributed by atoms with van der Waals surface area (Å²) in [5.74, 6) is 0. The maximum atomic E-state index is 5.63. The van der Waals surface area contributed by atoms with Crippen LogP contribution in [-0.2, 0) is 19.4 Å². The van der Waals surface area contributed by atoms with Gasteiger partial charge in [-0.15, -0.1) is 23.7 Å². The fraction of sp³-hybridized carbons (Fsp3) is 0.556. The van der Waals surface area contributed by atoms with E-state index >= 15 is 0 Å². The Labute approximate surface area is 83.4 Å². The highest BCUT2D eigenvalue weighted by molar-refractivity contribution is 7.10. The third kappa shape index (κ3) is 1.65. The van der Waals surface area contributed by atoms with Crippen LogP contribution < -0.4 is 5.73 Å². The van der Waals surface area contributed by atoms with Gasteiger partial charge in [-0.05, 0) is 42.2 Å². The largest absolute Gasteiger partial charge is 0.326 e. The molecule has 0 aliphatic heterocycles. The zero-order chi connectivity index (χ0) is 7.68. The summed E-state index contributed by atoms with van der Waals surface area (Å²) in [4.78, 5) is 1.59. The fourth-order valence-electron chi connectivity index (χ4n) is 1.73. The lowest BCUT2D eigenvalue weighted by atomic mass is 9.96. The van der Waals surface area contributed by atoms with E-state index in [0.29, 0.717) is 0 Å². The minimum Gasteiger partial charge on any atom is -0.326 e. The Hall–Kier alpha value is -0.0500. The van der Waals surface area contributed by atoms with Crippen molar-refractivity contribution >= 4 is 23.7 Å². The molecule has 0 saturated heterocycles. The first-order chi connectivity index (χ1) is 5.42. The molecule has 0 radical (unpaired) electrons. The molecule has 0 atom stereocenters. The number of thiophene rings is 1. The second-order valence-corrected chi connectivity index (χ2v) is 4.04. The van der Waals surface area contributed by atoms with E-state index in [9.17, 15) is 0 Å². The molecular weight excluding hydrogens is 190 g/mol. The quantitative estimate of drug-likeness (QED) is 0.746. The molecule has 2 rings (SSSR count). The summed E-state index contributed by atoms with van der Waals surface area (Å²) in [6.07, 6.45) is 5.29. The second kappa shape index (κ2) is 4.26. The predicted octanol–water partition coefficient (Wildman–Crippen LogP) is 2.51. The summed E-state index contributed by atoms with van der Waals surface area (Å²) in [6.45, 7) is 0.728. The molecule has 12 heavy (non-hydrogen) atoms. The summed E-state index contributed by atoms with van der Waals surface area (Å²) in [7, 11) is 0. The van der Waals surface area contributed by atoms with Gasteiger partial charge in [-0.1, -0.05) is 0 Å². The van der Waals surface area contributed by atoms with Crippen LogP contribution in [0, 0.1) is 0 Å². The molecule has 0 fully saturated rings. The highest BCUT2D eigenvalue weighted by Gasteiger charge is 2.13. The van der Waals surface area contributed by atoms with Gasteiger partial charge >= 0.3 is 0 Å². The van der Waals surface area contributed by atoms with Crippen LogP contribution in [0.15, 0.2) is 5.38 Å². The van der Waals surface area contributed by atoms with Gasteiger partial charge in [0.15, 0.2) is 0 Å². The topological polar surface area (TPSA) is 26.0 Å². The van der Waals surface area contributed by atoms with E-state index in [1.807, 2.05) is 11.3 Å². The molecule has 2 N–H and O–H groups in total. The number of hydrogen-bond donors (Lipinski definition) is 1. The van der Waals surface area contributed by atoms with Gasteiger partial charge in [0.2, 0.25) is 0 Å². The van der Waals surface area contributed by atoms with Gasteiger partial charge < -0.3 is 5.73 Å². The maximum Gasteiger partial charge on any atom is 0.0189 e. The average Bonchev–Trinajstić information content (AvgIpc) is 2.47. The molecule has 0 amide bonds. The Kier molecular flexibility index (Phi) is 3.56. The van der Waals surface area contributed by atoms with Crippen LogP contribution in [-0.4, -0.2) is 0 Å². The average molecular weight is 204 g/mol. The number of halogens is 1. The van der Waals surface area contributed by atoms with Crippen LogP contribution in [0.2, 0.25) is 0 Å². The zero-order valence-electron chi connectivity index (χ0n) is 7.01. The van der Waals surface area contributed by atoms with E-state index in [0.717, 1.165) is 6.54 Å². The third-order valence-corrected chi connectivity index (χ3v) is 3.51. The molecule has 0 unspecified atom stereocenters. The molecule has 0 bridgehead atoms. The van der Waals surface area contributed by atoms with Crippen LogP contribution in [0.3, 0.4) is 0 Å². The maximum absolute atomic E-state index is 5.63. The Morgan fingerprint density at radius 1 is 1.33 bits per heavy atom. The summed E-state index contributed by atoms with van der Waals surface area (Å²) >= 11 is 1.90. The molecular formula is C9H14ClNS. The fourth-order valence-corrected chi connectivity index (χ4v) is 2.89. The van der Waals surface area contributed by atoms with Crippen molar-refractivity contribution in [1.82, 2.24) is 0 Å². The van der Waals surface area contributed by atoms with Gasteiger partial charge in [0.05, 0.1) is 0 Å². The number of nitrogens with two attached hydrogens (primary N) is 1. The monoisotopic (exact) mass is 203 g/mol. The molecule has 1 heterocycles. The predicted molar refractivity (Wildman–Crippen MR) is 56.1 cm³/mol. The van der Waals surface area contributed by atoms with Crippen molar-refractivity contribution in [2.24, 2.45) is 5.73 Å². The summed E-state index contributed by atoms with van der Waals surface area (Å²) in [5, 5.41) is 2.23. The summed E-state index contributed by atoms with van der Waals surface area (Å²) in [6, 6.07) is 0. The van der Waals surface area contributed by atoms with Crippen molar-refractivity contribution in [1.29, 1.82) is 0 Å². The SMILES string of the molecule is Cl.NCc1csc2c1CCCC2. The second-order valence-electron chi connectivity index (χ2n) is 3.07. The lowest BCUT2D eigenvalue weighted by Gasteiger charge is -2.11. The van der Waals surface area contributed by atoms with Crippen molar-refractivity contribution in [2.75, 3.05) is 0 Å². The van der Waals surface area contributed by atoms with Gasteiger partial charge in [0.25, 0.3) is 0 Å². The van der Waals surface area contributed by atoms with Crippen molar-refractivity contribution in [3.05, 3.63) is 21.4 Å². The Morgan fingerprint density at radius 2 is 2.08 bits per heavy atom. The standard InChI is InChI=1S/C9H13NS.ClH/c10-5-7-6-11-9-4-2-1-3-8(7)9;/h6H,1-5,10H2;1H. The minimum absolute atomic E-state index is 0. The molecule has 1 aliphatic carbocycles. The molecule has 0 spiro atoms. The van der Waals surface area contributed by atoms with Crippen LogP contribution >= 0.6 is 23.7 Å². The van der Waals surface area contributed by atoms with Gasteiger partial charge in [0.1, 0.15) is 0 Å². The molecule has 1 nitrogen and oxygen atoms in total. The summed E-state index contributed by atoms with van der Waals surface area (Å²) in [5.41, 5.74) is 8.59. The third-order valence-electron chi connectivity index (χ3n) is 2.37. The molecule has 1 aromatic heterocycles. The first kappa shape index (κ1) is 10.0. The Balaban J connectivity index is 0.000000720. The van der Waals surface area contributed by atoms with Crippen molar-refractivity contribution in [2.45, 2.75) is 32.2 Å². The van der Waals surface area contributed by atoms with Crippen LogP contribution in [0.1, 0.15) is 28.8 Å². The van der Waals surface area contributed by atoms with E-state index in [4.69, 9.17) is 5.73 Å². The number of rotatable bonds is 1. The van der Waals surface area contributed by atoms with E-state index in [-0.39, 0.29) is 12.4 Å². The van der Waals surface area contributed by atoms with Gasteiger partial charge in [-0.25, -0.2) is 0 Å². The van der Waals surface area contributed by atoms with Crippen molar-refractivity contribution in [3.63, 3.8) is 0 Å². The first-order valence-corrected chi connectivity index (χ1v) is 5.08. The normalized spacial score (nSPS) is 15.1. The van der Waals surface area contributed by atoms with Gasteiger partial charge in [-0.3, -0.25) is 0 Å². The molecule has 68 valence electrons. The molecule has 3 heteroatoms. The van der Waals surface area contributed by atoms with E-state index in [2.05, 4.69) is 5.38 Å². The van der Waals surface area contributed by atoms with E-state index < -0.39 is 0 Å². The molecule has 1 aliphatic rings. The van der Waals surface area contributed by atoms with Gasteiger partial charge in [-0.2, -0.15) is 0 Å². The van der Waals surface area contributed by atoms with E-state index in [1.165, 1.54) is 31.2 Å². The number of aryl methyl sites for hydroxylation is 1. The number of hydrogen-bond acceptors (Lipinski definition) is 2. The van der Waals surface area contributed by atoms with E-state index in [1.54, 1.807) is 10.4 Å². The Morgan fingerprint density at radius 3 is 2.83 bits per heavy atom. The van der Waals surface area contributed by atoms with Crippen LogP contribution in [0.25, 0.3) is 0 Å². The first-order valence-electron chi connectivity index (χ1n) is 4.20.